The Labute approximate surface area is 230 Å². The van der Waals surface area contributed by atoms with Crippen molar-refractivity contribution in [2.24, 2.45) is 5.73 Å². The lowest BCUT2D eigenvalue weighted by molar-refractivity contribution is -0.138. The lowest BCUT2D eigenvalue weighted by Gasteiger charge is -2.36. The van der Waals surface area contributed by atoms with Crippen LogP contribution < -0.4 is 16.6 Å². The number of carboxylic acids is 1. The smallest absolute Gasteiger partial charge is 0.317 e. The van der Waals surface area contributed by atoms with Crippen LogP contribution in [0.15, 0.2) is 29.1 Å². The minimum Gasteiger partial charge on any atom is -0.480 e. The number of anilines is 1. The molecule has 214 valence electrons. The van der Waals surface area contributed by atoms with E-state index in [9.17, 15) is 14.4 Å². The highest BCUT2D eigenvalue weighted by molar-refractivity contribution is 5.77. The summed E-state index contributed by atoms with van der Waals surface area (Å²) in [5.74, 6) is -1.41. The Morgan fingerprint density at radius 2 is 1.82 bits per heavy atom. The van der Waals surface area contributed by atoms with Gasteiger partial charge in [-0.05, 0) is 57.7 Å². The molecule has 4 N–H and O–H groups in total. The summed E-state index contributed by atoms with van der Waals surface area (Å²) in [6.07, 6.45) is 12.5. The Hall–Kier alpha value is -2.98. The van der Waals surface area contributed by atoms with Gasteiger partial charge in [0.15, 0.2) is 5.82 Å². The van der Waals surface area contributed by atoms with E-state index < -0.39 is 11.9 Å². The second-order valence-corrected chi connectivity index (χ2v) is 11.2. The van der Waals surface area contributed by atoms with Crippen LogP contribution in [0, 0.1) is 0 Å². The first-order valence-electron chi connectivity index (χ1n) is 14.6. The van der Waals surface area contributed by atoms with Gasteiger partial charge in [-0.25, -0.2) is 4.98 Å². The SMILES string of the molecule is C[C@@H](C[C@@H]1CCCN1C1CCCCCCC1)n1c(=O)c(NCCN(CC(N)=O)CC(=O)O)nc2ccccc21. The average molecular weight is 541 g/mol. The number of nitrogens with one attached hydrogen (secondary N) is 1. The van der Waals surface area contributed by atoms with E-state index in [0.717, 1.165) is 24.0 Å². The van der Waals surface area contributed by atoms with Gasteiger partial charge in [-0.2, -0.15) is 0 Å². The Kier molecular flexibility index (Phi) is 10.3. The molecule has 2 heterocycles. The number of fused-ring (bicyclic) bond motifs is 1. The first kappa shape index (κ1) is 29.0. The van der Waals surface area contributed by atoms with E-state index in [2.05, 4.69) is 22.1 Å². The molecular weight excluding hydrogens is 496 g/mol. The van der Waals surface area contributed by atoms with Crippen molar-refractivity contribution in [1.82, 2.24) is 19.4 Å². The number of aliphatic carboxylic acids is 1. The topological polar surface area (TPSA) is 134 Å². The number of hydrogen-bond donors (Lipinski definition) is 3. The maximum absolute atomic E-state index is 13.7. The number of hydrogen-bond acceptors (Lipinski definition) is 7. The Balaban J connectivity index is 1.51. The molecule has 0 unspecified atom stereocenters. The van der Waals surface area contributed by atoms with E-state index in [1.54, 1.807) is 0 Å². The molecule has 0 spiro atoms. The Bertz CT molecular complexity index is 1160. The molecule has 1 aromatic heterocycles. The zero-order valence-corrected chi connectivity index (χ0v) is 23.2. The first-order valence-corrected chi connectivity index (χ1v) is 14.6. The van der Waals surface area contributed by atoms with Crippen LogP contribution in [0.2, 0.25) is 0 Å². The van der Waals surface area contributed by atoms with Crippen LogP contribution in [0.4, 0.5) is 5.82 Å². The molecule has 1 saturated carbocycles. The van der Waals surface area contributed by atoms with Crippen molar-refractivity contribution in [2.45, 2.75) is 89.3 Å². The molecular formula is C29H44N6O4. The molecule has 2 atom stereocenters. The summed E-state index contributed by atoms with van der Waals surface area (Å²) in [5, 5.41) is 12.2. The van der Waals surface area contributed by atoms with Crippen LogP contribution in [0.3, 0.4) is 0 Å². The standard InChI is InChI=1S/C29H44N6O4/c1-21(18-23-12-9-16-34(23)22-10-5-3-2-4-6-11-22)35-25-14-8-7-13-24(25)32-28(29(35)39)31-15-17-33(19-26(30)36)20-27(37)38/h7-8,13-14,21-23H,2-6,9-12,15-20H2,1H3,(H2,30,36)(H,31,32)(H,37,38)/t21-,23-/m0/s1. The molecule has 39 heavy (non-hydrogen) atoms. The van der Waals surface area contributed by atoms with Gasteiger partial charge in [0, 0.05) is 31.2 Å². The monoisotopic (exact) mass is 540 g/mol. The summed E-state index contributed by atoms with van der Waals surface area (Å²) in [6.45, 7) is 3.30. The number of likely N-dealkylation sites (tertiary alicyclic amines) is 1. The van der Waals surface area contributed by atoms with Crippen LogP contribution >= 0.6 is 0 Å². The zero-order valence-electron chi connectivity index (χ0n) is 23.2. The number of carboxylic acid groups (broad SMARTS) is 1. The molecule has 0 bridgehead atoms. The molecule has 1 saturated heterocycles. The minimum absolute atomic E-state index is 0.0107. The van der Waals surface area contributed by atoms with Gasteiger partial charge >= 0.3 is 5.97 Å². The minimum atomic E-state index is -1.04. The summed E-state index contributed by atoms with van der Waals surface area (Å²) < 4.78 is 1.87. The lowest BCUT2D eigenvalue weighted by atomic mass is 9.94. The number of rotatable bonds is 12. The number of para-hydroxylation sites is 2. The third kappa shape index (κ3) is 7.79. The molecule has 1 amide bonds. The van der Waals surface area contributed by atoms with Crippen molar-refractivity contribution >= 4 is 28.7 Å². The van der Waals surface area contributed by atoms with Crippen LogP contribution in [0.1, 0.15) is 77.2 Å². The van der Waals surface area contributed by atoms with Crippen LogP contribution in [0.5, 0.6) is 0 Å². The van der Waals surface area contributed by atoms with E-state index in [1.165, 1.54) is 62.7 Å². The molecule has 10 nitrogen and oxygen atoms in total. The van der Waals surface area contributed by atoms with Crippen molar-refractivity contribution in [2.75, 3.05) is 38.0 Å². The van der Waals surface area contributed by atoms with Crippen molar-refractivity contribution in [3.8, 4) is 0 Å². The van der Waals surface area contributed by atoms with Crippen molar-refractivity contribution in [1.29, 1.82) is 0 Å². The fraction of sp³-hybridized carbons (Fsp3) is 0.655. The van der Waals surface area contributed by atoms with Crippen LogP contribution in [0.25, 0.3) is 11.0 Å². The summed E-state index contributed by atoms with van der Waals surface area (Å²) >= 11 is 0. The second kappa shape index (κ2) is 13.9. The number of nitrogens with two attached hydrogens (primary N) is 1. The summed E-state index contributed by atoms with van der Waals surface area (Å²) in [7, 11) is 0. The van der Waals surface area contributed by atoms with Crippen molar-refractivity contribution < 1.29 is 14.7 Å². The number of aromatic nitrogens is 2. The van der Waals surface area contributed by atoms with Crippen molar-refractivity contribution in [3.05, 3.63) is 34.6 Å². The molecule has 2 fully saturated rings. The molecule has 2 aromatic rings. The summed E-state index contributed by atoms with van der Waals surface area (Å²) in [5.41, 5.74) is 6.63. The molecule has 2 aliphatic rings. The fourth-order valence-corrected chi connectivity index (χ4v) is 6.52. The summed E-state index contributed by atoms with van der Waals surface area (Å²) in [6, 6.07) is 8.82. The maximum Gasteiger partial charge on any atom is 0.317 e. The number of amides is 1. The van der Waals surface area contributed by atoms with Crippen molar-refractivity contribution in [3.63, 3.8) is 0 Å². The molecule has 10 heteroatoms. The second-order valence-electron chi connectivity index (χ2n) is 11.2. The van der Waals surface area contributed by atoms with Gasteiger partial charge in [0.25, 0.3) is 5.56 Å². The van der Waals surface area contributed by atoms with E-state index in [-0.39, 0.29) is 43.6 Å². The third-order valence-electron chi connectivity index (χ3n) is 8.27. The van der Waals surface area contributed by atoms with Gasteiger partial charge in [-0.1, -0.05) is 44.2 Å². The van der Waals surface area contributed by atoms with E-state index in [4.69, 9.17) is 10.8 Å². The number of benzene rings is 1. The molecule has 0 radical (unpaired) electrons. The predicted molar refractivity (Wildman–Crippen MR) is 153 cm³/mol. The van der Waals surface area contributed by atoms with Gasteiger partial charge in [-0.15, -0.1) is 0 Å². The molecule has 4 rings (SSSR count). The van der Waals surface area contributed by atoms with Gasteiger partial charge in [0.2, 0.25) is 5.91 Å². The van der Waals surface area contributed by atoms with Crippen LogP contribution in [-0.4, -0.2) is 81.1 Å². The number of primary amides is 1. The Morgan fingerprint density at radius 1 is 1.10 bits per heavy atom. The summed E-state index contributed by atoms with van der Waals surface area (Å²) in [4.78, 5) is 45.0. The Morgan fingerprint density at radius 3 is 2.54 bits per heavy atom. The molecule has 1 aliphatic carbocycles. The predicted octanol–water partition coefficient (Wildman–Crippen LogP) is 3.21. The number of carbonyl (C=O) groups is 2. The van der Waals surface area contributed by atoms with Gasteiger partial charge in [-0.3, -0.25) is 24.2 Å². The highest BCUT2D eigenvalue weighted by Gasteiger charge is 2.32. The van der Waals surface area contributed by atoms with E-state index in [1.807, 2.05) is 28.8 Å². The zero-order chi connectivity index (χ0) is 27.8. The third-order valence-corrected chi connectivity index (χ3v) is 8.27. The molecule has 1 aliphatic heterocycles. The lowest BCUT2D eigenvalue weighted by Crippen LogP contribution is -2.41. The van der Waals surface area contributed by atoms with E-state index >= 15 is 0 Å². The number of carbonyl (C=O) groups excluding carboxylic acids is 1. The van der Waals surface area contributed by atoms with E-state index in [0.29, 0.717) is 12.1 Å². The van der Waals surface area contributed by atoms with Gasteiger partial charge < -0.3 is 20.7 Å². The maximum atomic E-state index is 13.7. The van der Waals surface area contributed by atoms with Gasteiger partial charge in [0.05, 0.1) is 24.1 Å². The first-order chi connectivity index (χ1) is 18.8. The average Bonchev–Trinajstić information content (AvgIpc) is 3.31. The number of nitrogens with zero attached hydrogens (tertiary/aromatic N) is 4. The highest BCUT2D eigenvalue weighted by atomic mass is 16.4. The quantitative estimate of drug-likeness (QED) is 0.374. The highest BCUT2D eigenvalue weighted by Crippen LogP contribution is 2.32. The molecule has 1 aromatic carbocycles. The normalized spacial score (nSPS) is 20.1. The van der Waals surface area contributed by atoms with Gasteiger partial charge in [0.1, 0.15) is 0 Å². The fourth-order valence-electron chi connectivity index (χ4n) is 6.52. The van der Waals surface area contributed by atoms with Crippen LogP contribution in [-0.2, 0) is 9.59 Å². The largest absolute Gasteiger partial charge is 0.480 e.